The van der Waals surface area contributed by atoms with Crippen LogP contribution in [0.3, 0.4) is 0 Å². The van der Waals surface area contributed by atoms with Crippen LogP contribution in [0.2, 0.25) is 0 Å². The number of aryl methyl sites for hydroxylation is 1. The summed E-state index contributed by atoms with van der Waals surface area (Å²) in [5.41, 5.74) is 1.24. The summed E-state index contributed by atoms with van der Waals surface area (Å²) in [4.78, 5) is 14.4. The van der Waals surface area contributed by atoms with Gasteiger partial charge in [0.15, 0.2) is 12.1 Å². The van der Waals surface area contributed by atoms with Crippen molar-refractivity contribution in [2.45, 2.75) is 6.92 Å². The highest BCUT2D eigenvalue weighted by Gasteiger charge is 2.10. The minimum absolute atomic E-state index is 0.0342. The number of aldehydes is 1. The Bertz CT molecular complexity index is 507. The van der Waals surface area contributed by atoms with Gasteiger partial charge in [0.05, 0.1) is 29.8 Å². The molecule has 0 atom stereocenters. The topological polar surface area (TPSA) is 47.8 Å². The van der Waals surface area contributed by atoms with Crippen LogP contribution in [0.15, 0.2) is 24.8 Å². The van der Waals surface area contributed by atoms with Gasteiger partial charge in [-0.05, 0) is 12.5 Å². The van der Waals surface area contributed by atoms with Gasteiger partial charge < -0.3 is 0 Å². The first kappa shape index (κ1) is 9.51. The molecule has 0 N–H and O–H groups in total. The summed E-state index contributed by atoms with van der Waals surface area (Å²) >= 11 is 0. The fourth-order valence-corrected chi connectivity index (χ4v) is 1.28. The Morgan fingerprint density at radius 3 is 2.80 bits per heavy atom. The number of halogens is 1. The molecule has 0 radical (unpaired) electrons. The van der Waals surface area contributed by atoms with Crippen molar-refractivity contribution >= 4 is 6.29 Å². The first-order valence-electron chi connectivity index (χ1n) is 4.32. The first-order valence-corrected chi connectivity index (χ1v) is 4.32. The molecule has 0 fully saturated rings. The molecule has 2 aromatic heterocycles. The first-order chi connectivity index (χ1) is 7.22. The summed E-state index contributed by atoms with van der Waals surface area (Å²) in [6.07, 6.45) is 6.19. The molecule has 0 aliphatic rings. The molecule has 15 heavy (non-hydrogen) atoms. The molecular weight excluding hydrogens is 197 g/mol. The highest BCUT2D eigenvalue weighted by Crippen LogP contribution is 2.14. The summed E-state index contributed by atoms with van der Waals surface area (Å²) in [5.74, 6) is -0.643. The van der Waals surface area contributed by atoms with Gasteiger partial charge in [0.2, 0.25) is 0 Å². The van der Waals surface area contributed by atoms with Crippen LogP contribution in [0.4, 0.5) is 4.39 Å². The monoisotopic (exact) mass is 205 g/mol. The van der Waals surface area contributed by atoms with Crippen molar-refractivity contribution in [3.05, 3.63) is 41.7 Å². The van der Waals surface area contributed by atoms with Crippen molar-refractivity contribution in [3.63, 3.8) is 0 Å². The Balaban J connectivity index is 2.62. The third-order valence-electron chi connectivity index (χ3n) is 1.99. The summed E-state index contributed by atoms with van der Waals surface area (Å²) in [6.45, 7) is 1.86. The van der Waals surface area contributed by atoms with E-state index in [1.54, 1.807) is 12.4 Å². The fraction of sp³-hybridized carbons (Fsp3) is 0.100. The van der Waals surface area contributed by atoms with Crippen molar-refractivity contribution in [2.24, 2.45) is 0 Å². The van der Waals surface area contributed by atoms with E-state index in [0.717, 1.165) is 11.8 Å². The van der Waals surface area contributed by atoms with E-state index in [2.05, 4.69) is 10.1 Å². The molecule has 2 heterocycles. The second-order valence-corrected chi connectivity index (χ2v) is 3.13. The van der Waals surface area contributed by atoms with Crippen molar-refractivity contribution < 1.29 is 9.18 Å². The molecule has 0 spiro atoms. The van der Waals surface area contributed by atoms with E-state index >= 15 is 0 Å². The van der Waals surface area contributed by atoms with Crippen LogP contribution >= 0.6 is 0 Å². The van der Waals surface area contributed by atoms with Crippen LogP contribution in [0.25, 0.3) is 5.69 Å². The van der Waals surface area contributed by atoms with Crippen molar-refractivity contribution in [1.29, 1.82) is 0 Å². The Morgan fingerprint density at radius 1 is 1.40 bits per heavy atom. The fourth-order valence-electron chi connectivity index (χ4n) is 1.28. The van der Waals surface area contributed by atoms with Gasteiger partial charge in [-0.2, -0.15) is 5.10 Å². The molecule has 0 aliphatic carbocycles. The summed E-state index contributed by atoms with van der Waals surface area (Å²) in [6, 6.07) is 0. The Labute approximate surface area is 85.4 Å². The third-order valence-corrected chi connectivity index (χ3v) is 1.99. The molecule has 0 aliphatic heterocycles. The lowest BCUT2D eigenvalue weighted by molar-refractivity contribution is 0.111. The lowest BCUT2D eigenvalue weighted by Gasteiger charge is -2.03. The maximum Gasteiger partial charge on any atom is 0.155 e. The van der Waals surface area contributed by atoms with Crippen LogP contribution in [0.5, 0.6) is 0 Å². The minimum atomic E-state index is -0.643. The molecule has 0 saturated heterocycles. The number of pyridine rings is 1. The molecule has 2 rings (SSSR count). The number of carbonyl (C=O) groups excluding carboxylic acids is 1. The van der Waals surface area contributed by atoms with Gasteiger partial charge in [0, 0.05) is 6.20 Å². The number of hydrogen-bond donors (Lipinski definition) is 0. The molecule has 4 nitrogen and oxygen atoms in total. The predicted molar refractivity (Wildman–Crippen MR) is 51.4 cm³/mol. The molecule has 76 valence electrons. The molecule has 2 aromatic rings. The van der Waals surface area contributed by atoms with Gasteiger partial charge in [0.1, 0.15) is 0 Å². The standard InChI is InChI=1S/C10H8FN3O/c1-7-2-13-14(5-7)10-4-12-3-9(11)8(10)6-15/h2-6H,1H3. The lowest BCUT2D eigenvalue weighted by atomic mass is 10.2. The van der Waals surface area contributed by atoms with Crippen LogP contribution < -0.4 is 0 Å². The summed E-state index contributed by atoms with van der Waals surface area (Å²) in [5, 5.41) is 3.99. The zero-order valence-electron chi connectivity index (χ0n) is 8.01. The molecule has 0 aromatic carbocycles. The van der Waals surface area contributed by atoms with E-state index in [0.29, 0.717) is 12.0 Å². The number of rotatable bonds is 2. The van der Waals surface area contributed by atoms with E-state index in [4.69, 9.17) is 0 Å². The van der Waals surface area contributed by atoms with Gasteiger partial charge in [-0.1, -0.05) is 0 Å². The van der Waals surface area contributed by atoms with Crippen LogP contribution in [-0.4, -0.2) is 21.1 Å². The Kier molecular flexibility index (Phi) is 2.29. The van der Waals surface area contributed by atoms with E-state index in [9.17, 15) is 9.18 Å². The molecule has 0 amide bonds. The van der Waals surface area contributed by atoms with Gasteiger partial charge in [-0.15, -0.1) is 0 Å². The smallest absolute Gasteiger partial charge is 0.155 e. The average molecular weight is 205 g/mol. The average Bonchev–Trinajstić information content (AvgIpc) is 2.64. The largest absolute Gasteiger partial charge is 0.298 e. The Morgan fingerprint density at radius 2 is 2.20 bits per heavy atom. The number of aromatic nitrogens is 3. The normalized spacial score (nSPS) is 10.3. The van der Waals surface area contributed by atoms with E-state index in [1.165, 1.54) is 10.9 Å². The van der Waals surface area contributed by atoms with Gasteiger partial charge >= 0.3 is 0 Å². The van der Waals surface area contributed by atoms with Crippen molar-refractivity contribution in [2.75, 3.05) is 0 Å². The zero-order valence-corrected chi connectivity index (χ0v) is 8.01. The summed E-state index contributed by atoms with van der Waals surface area (Å²) < 4.78 is 14.6. The van der Waals surface area contributed by atoms with Gasteiger partial charge in [-0.25, -0.2) is 9.07 Å². The van der Waals surface area contributed by atoms with Gasteiger partial charge in [0.25, 0.3) is 0 Å². The maximum atomic E-state index is 13.2. The number of carbonyl (C=O) groups is 1. The Hall–Kier alpha value is -2.04. The van der Waals surface area contributed by atoms with Crippen LogP contribution in [0.1, 0.15) is 15.9 Å². The third kappa shape index (κ3) is 1.63. The predicted octanol–water partition coefficient (Wildman–Crippen LogP) is 1.53. The van der Waals surface area contributed by atoms with E-state index in [1.807, 2.05) is 6.92 Å². The zero-order chi connectivity index (χ0) is 10.8. The highest BCUT2D eigenvalue weighted by molar-refractivity contribution is 5.80. The molecular formula is C10H8FN3O. The molecule has 0 saturated carbocycles. The second-order valence-electron chi connectivity index (χ2n) is 3.13. The highest BCUT2D eigenvalue weighted by atomic mass is 19.1. The minimum Gasteiger partial charge on any atom is -0.298 e. The number of hydrogen-bond acceptors (Lipinski definition) is 3. The molecule has 0 bridgehead atoms. The van der Waals surface area contributed by atoms with Crippen LogP contribution in [-0.2, 0) is 0 Å². The molecule has 5 heteroatoms. The number of nitrogens with zero attached hydrogens (tertiary/aromatic N) is 3. The van der Waals surface area contributed by atoms with Crippen molar-refractivity contribution in [3.8, 4) is 5.69 Å². The van der Waals surface area contributed by atoms with Gasteiger partial charge in [-0.3, -0.25) is 9.78 Å². The molecule has 0 unspecified atom stereocenters. The summed E-state index contributed by atoms with van der Waals surface area (Å²) in [7, 11) is 0. The SMILES string of the molecule is Cc1cnn(-c2cncc(F)c2C=O)c1. The maximum absolute atomic E-state index is 13.2. The second kappa shape index (κ2) is 3.61. The quantitative estimate of drug-likeness (QED) is 0.698. The van der Waals surface area contributed by atoms with E-state index < -0.39 is 5.82 Å². The van der Waals surface area contributed by atoms with Crippen LogP contribution in [0, 0.1) is 12.7 Å². The van der Waals surface area contributed by atoms with E-state index in [-0.39, 0.29) is 5.56 Å². The lowest BCUT2D eigenvalue weighted by Crippen LogP contribution is -2.03. The van der Waals surface area contributed by atoms with Crippen molar-refractivity contribution in [1.82, 2.24) is 14.8 Å².